The summed E-state index contributed by atoms with van der Waals surface area (Å²) in [5.74, 6) is -0.390. The third kappa shape index (κ3) is 4.21. The number of amides is 1. The van der Waals surface area contributed by atoms with Crippen LogP contribution in [-0.4, -0.2) is 39.6 Å². The number of nitrogens with one attached hydrogen (secondary N) is 3. The topological polar surface area (TPSA) is 96.8 Å². The van der Waals surface area contributed by atoms with Crippen molar-refractivity contribution < 1.29 is 9.18 Å². The third-order valence-corrected chi connectivity index (χ3v) is 5.68. The number of rotatable bonds is 5. The highest BCUT2D eigenvalue weighted by atomic mass is 19.1. The van der Waals surface area contributed by atoms with Crippen LogP contribution in [0.15, 0.2) is 54.6 Å². The fourth-order valence-corrected chi connectivity index (χ4v) is 3.96. The van der Waals surface area contributed by atoms with Crippen LogP contribution in [0.25, 0.3) is 11.3 Å². The molecule has 1 aromatic heterocycles. The number of carbonyl (C=O) groups is 1. The zero-order valence-electron chi connectivity index (χ0n) is 17.3. The van der Waals surface area contributed by atoms with Gasteiger partial charge in [-0.15, -0.1) is 0 Å². The van der Waals surface area contributed by atoms with Gasteiger partial charge in [-0.05, 0) is 49.2 Å². The van der Waals surface area contributed by atoms with Gasteiger partial charge in [0.25, 0.3) is 5.91 Å². The summed E-state index contributed by atoms with van der Waals surface area (Å²) in [7, 11) is 0. The Hall–Kier alpha value is -3.86. The van der Waals surface area contributed by atoms with Crippen molar-refractivity contribution in [2.75, 3.05) is 11.9 Å². The van der Waals surface area contributed by atoms with Crippen LogP contribution in [-0.2, 0) is 0 Å². The minimum Gasteiger partial charge on any atom is -0.355 e. The maximum absolute atomic E-state index is 13.2. The van der Waals surface area contributed by atoms with Gasteiger partial charge in [0.05, 0.1) is 17.8 Å². The van der Waals surface area contributed by atoms with Crippen LogP contribution < -0.4 is 10.6 Å². The van der Waals surface area contributed by atoms with E-state index in [2.05, 4.69) is 27.0 Å². The molecule has 3 N–H and O–H groups in total. The molecule has 0 bridgehead atoms. The molecular formula is C23H23FN6O. The average Bonchev–Trinajstić information content (AvgIpc) is 3.36. The molecule has 0 spiro atoms. The molecule has 1 aliphatic rings. The number of hydrogen-bond donors (Lipinski definition) is 3. The molecule has 2 heterocycles. The van der Waals surface area contributed by atoms with Crippen LogP contribution >= 0.6 is 0 Å². The van der Waals surface area contributed by atoms with Gasteiger partial charge in [-0.3, -0.25) is 9.89 Å². The van der Waals surface area contributed by atoms with Gasteiger partial charge in [0.1, 0.15) is 11.5 Å². The molecule has 3 aromatic rings. The average molecular weight is 418 g/mol. The predicted octanol–water partition coefficient (Wildman–Crippen LogP) is 3.88. The van der Waals surface area contributed by atoms with E-state index in [1.54, 1.807) is 23.1 Å². The Morgan fingerprint density at radius 1 is 1.23 bits per heavy atom. The SMILES string of the molecule is CC1CN(C#N)C(C)[C@@H]1NC(=O)c1cc(-c2ccccc2Nc2ccc(F)cc2)n[nH]1. The second kappa shape index (κ2) is 8.48. The van der Waals surface area contributed by atoms with Crippen LogP contribution in [0.4, 0.5) is 15.8 Å². The van der Waals surface area contributed by atoms with Crippen molar-refractivity contribution in [2.24, 2.45) is 5.92 Å². The van der Waals surface area contributed by atoms with Gasteiger partial charge in [0.2, 0.25) is 0 Å². The van der Waals surface area contributed by atoms with Gasteiger partial charge in [0, 0.05) is 23.5 Å². The number of para-hydroxylation sites is 1. The fraction of sp³-hybridized carbons (Fsp3) is 0.261. The van der Waals surface area contributed by atoms with Crippen molar-refractivity contribution in [2.45, 2.75) is 25.9 Å². The molecule has 1 fully saturated rings. The summed E-state index contributed by atoms with van der Waals surface area (Å²) in [6.07, 6.45) is 2.18. The quantitative estimate of drug-likeness (QED) is 0.547. The van der Waals surface area contributed by atoms with E-state index < -0.39 is 0 Å². The number of H-pyrrole nitrogens is 1. The first-order chi connectivity index (χ1) is 15.0. The molecule has 0 saturated carbocycles. The molecule has 0 radical (unpaired) electrons. The number of benzene rings is 2. The summed E-state index contributed by atoms with van der Waals surface area (Å²) < 4.78 is 13.2. The Labute approximate surface area is 179 Å². The van der Waals surface area contributed by atoms with E-state index in [1.165, 1.54) is 12.1 Å². The summed E-state index contributed by atoms with van der Waals surface area (Å²) >= 11 is 0. The molecule has 8 heteroatoms. The monoisotopic (exact) mass is 418 g/mol. The van der Waals surface area contributed by atoms with Crippen molar-refractivity contribution in [3.63, 3.8) is 0 Å². The fourth-order valence-electron chi connectivity index (χ4n) is 3.96. The van der Waals surface area contributed by atoms with Gasteiger partial charge in [-0.1, -0.05) is 25.1 Å². The number of nitrogens with zero attached hydrogens (tertiary/aromatic N) is 3. The van der Waals surface area contributed by atoms with Crippen molar-refractivity contribution in [3.05, 3.63) is 66.1 Å². The number of likely N-dealkylation sites (tertiary alicyclic amines) is 1. The number of anilines is 2. The zero-order chi connectivity index (χ0) is 22.0. The lowest BCUT2D eigenvalue weighted by atomic mass is 10.0. The molecule has 0 aliphatic carbocycles. The third-order valence-electron chi connectivity index (χ3n) is 5.68. The molecule has 3 atom stereocenters. The Morgan fingerprint density at radius 3 is 2.68 bits per heavy atom. The highest BCUT2D eigenvalue weighted by Gasteiger charge is 2.37. The van der Waals surface area contributed by atoms with E-state index >= 15 is 0 Å². The van der Waals surface area contributed by atoms with Gasteiger partial charge in [-0.2, -0.15) is 10.4 Å². The molecule has 7 nitrogen and oxygen atoms in total. The second-order valence-corrected chi connectivity index (χ2v) is 7.81. The van der Waals surface area contributed by atoms with Crippen LogP contribution in [0, 0.1) is 23.2 Å². The minimum atomic E-state index is -0.300. The summed E-state index contributed by atoms with van der Waals surface area (Å²) in [5.41, 5.74) is 3.30. The van der Waals surface area contributed by atoms with E-state index in [4.69, 9.17) is 0 Å². The van der Waals surface area contributed by atoms with Gasteiger partial charge in [0.15, 0.2) is 6.19 Å². The molecule has 1 saturated heterocycles. The van der Waals surface area contributed by atoms with Crippen molar-refractivity contribution in [1.82, 2.24) is 20.4 Å². The molecule has 2 unspecified atom stereocenters. The van der Waals surface area contributed by atoms with Crippen molar-refractivity contribution in [3.8, 4) is 17.5 Å². The lowest BCUT2D eigenvalue weighted by Crippen LogP contribution is -2.44. The zero-order valence-corrected chi connectivity index (χ0v) is 17.3. The van der Waals surface area contributed by atoms with Crippen LogP contribution in [0.1, 0.15) is 24.3 Å². The lowest BCUT2D eigenvalue weighted by Gasteiger charge is -2.21. The van der Waals surface area contributed by atoms with Crippen molar-refractivity contribution >= 4 is 17.3 Å². The Kier molecular flexibility index (Phi) is 5.58. The second-order valence-electron chi connectivity index (χ2n) is 7.81. The summed E-state index contributed by atoms with van der Waals surface area (Å²) in [4.78, 5) is 14.5. The van der Waals surface area contributed by atoms with Gasteiger partial charge < -0.3 is 15.5 Å². The summed E-state index contributed by atoms with van der Waals surface area (Å²) in [6, 6.07) is 15.2. The Balaban J connectivity index is 1.52. The highest BCUT2D eigenvalue weighted by molar-refractivity contribution is 5.94. The normalized spacial score (nSPS) is 20.3. The maximum atomic E-state index is 13.2. The largest absolute Gasteiger partial charge is 0.355 e. The summed E-state index contributed by atoms with van der Waals surface area (Å²) in [6.45, 7) is 4.58. The number of carbonyl (C=O) groups excluding carboxylic acids is 1. The molecule has 1 aliphatic heterocycles. The summed E-state index contributed by atoms with van der Waals surface area (Å²) in [5, 5.41) is 22.6. The van der Waals surface area contributed by atoms with E-state index in [-0.39, 0.29) is 29.7 Å². The molecule has 158 valence electrons. The smallest absolute Gasteiger partial charge is 0.269 e. The standard InChI is InChI=1S/C23H23FN6O/c1-14-12-30(13-25)15(2)22(14)27-23(31)21-11-20(28-29-21)18-5-3-4-6-19(18)26-17-9-7-16(24)8-10-17/h3-11,14-15,22,26H,12H2,1-2H3,(H,27,31)(H,28,29)/t14?,15?,22-/m1/s1. The number of aromatic nitrogens is 2. The van der Waals surface area contributed by atoms with Crippen LogP contribution in [0.3, 0.4) is 0 Å². The highest BCUT2D eigenvalue weighted by Crippen LogP contribution is 2.30. The predicted molar refractivity (Wildman–Crippen MR) is 116 cm³/mol. The molecule has 1 amide bonds. The van der Waals surface area contributed by atoms with E-state index in [0.717, 1.165) is 16.9 Å². The first-order valence-electron chi connectivity index (χ1n) is 10.1. The lowest BCUT2D eigenvalue weighted by molar-refractivity contribution is 0.0918. The minimum absolute atomic E-state index is 0.0630. The Bertz CT molecular complexity index is 1120. The van der Waals surface area contributed by atoms with Gasteiger partial charge in [-0.25, -0.2) is 4.39 Å². The van der Waals surface area contributed by atoms with E-state index in [9.17, 15) is 14.4 Å². The molecule has 2 aromatic carbocycles. The molecular weight excluding hydrogens is 395 g/mol. The van der Waals surface area contributed by atoms with Gasteiger partial charge >= 0.3 is 0 Å². The number of nitriles is 1. The van der Waals surface area contributed by atoms with Crippen LogP contribution in [0.2, 0.25) is 0 Å². The number of halogens is 1. The molecule has 4 rings (SSSR count). The molecule has 31 heavy (non-hydrogen) atoms. The number of aromatic amines is 1. The first-order valence-corrected chi connectivity index (χ1v) is 10.1. The van der Waals surface area contributed by atoms with Crippen LogP contribution in [0.5, 0.6) is 0 Å². The number of hydrogen-bond acceptors (Lipinski definition) is 5. The van der Waals surface area contributed by atoms with E-state index in [1.807, 2.05) is 38.1 Å². The first kappa shape index (κ1) is 20.4. The van der Waals surface area contributed by atoms with Crippen molar-refractivity contribution in [1.29, 1.82) is 5.26 Å². The Morgan fingerprint density at radius 2 is 1.97 bits per heavy atom. The maximum Gasteiger partial charge on any atom is 0.269 e. The van der Waals surface area contributed by atoms with E-state index in [0.29, 0.717) is 17.9 Å².